The fraction of sp³-hybridized carbons (Fsp3) is 0.235. The number of benzene rings is 2. The van der Waals surface area contributed by atoms with E-state index in [0.29, 0.717) is 13.1 Å². The molecule has 0 radical (unpaired) electrons. The highest BCUT2D eigenvalue weighted by atomic mass is 19.2. The number of nitrogens with one attached hydrogen (secondary N) is 1. The number of nitrogen functional groups attached to an aromatic ring is 1. The van der Waals surface area contributed by atoms with Crippen LogP contribution in [0, 0.1) is 17.5 Å². The highest BCUT2D eigenvalue weighted by Crippen LogP contribution is 2.31. The van der Waals surface area contributed by atoms with Gasteiger partial charge in [-0.05, 0) is 42.7 Å². The first kappa shape index (κ1) is 16.2. The van der Waals surface area contributed by atoms with Crippen molar-refractivity contribution in [1.82, 2.24) is 4.90 Å². The predicted octanol–water partition coefficient (Wildman–Crippen LogP) is 3.98. The van der Waals surface area contributed by atoms with Crippen molar-refractivity contribution in [3.63, 3.8) is 0 Å². The molecule has 2 aromatic carbocycles. The normalized spacial score (nSPS) is 14.0. The monoisotopic (exact) mass is 335 g/mol. The van der Waals surface area contributed by atoms with Crippen LogP contribution in [0.4, 0.5) is 29.3 Å². The number of amides is 2. The molecule has 2 amide bonds. The highest BCUT2D eigenvalue weighted by Gasteiger charge is 2.20. The molecular weight excluding hydrogens is 319 g/mol. The summed E-state index contributed by atoms with van der Waals surface area (Å²) in [6, 6.07) is 5.14. The molecule has 1 aliphatic rings. The SMILES string of the molecule is Nc1cc(F)c(-c2ccc(F)c(F)c2)cc1NC(=O)N1CCCC1. The summed E-state index contributed by atoms with van der Waals surface area (Å²) in [5, 5.41) is 2.64. The molecule has 1 heterocycles. The zero-order valence-electron chi connectivity index (χ0n) is 12.8. The molecule has 0 aromatic heterocycles. The topological polar surface area (TPSA) is 58.4 Å². The zero-order chi connectivity index (χ0) is 17.3. The van der Waals surface area contributed by atoms with Crippen LogP contribution in [0.25, 0.3) is 11.1 Å². The summed E-state index contributed by atoms with van der Waals surface area (Å²) in [5.41, 5.74) is 6.24. The smallest absolute Gasteiger partial charge is 0.321 e. The van der Waals surface area contributed by atoms with Crippen molar-refractivity contribution < 1.29 is 18.0 Å². The molecule has 1 fully saturated rings. The fourth-order valence-electron chi connectivity index (χ4n) is 2.70. The number of carbonyl (C=O) groups is 1. The van der Waals surface area contributed by atoms with Crippen molar-refractivity contribution in [2.24, 2.45) is 0 Å². The van der Waals surface area contributed by atoms with E-state index in [1.165, 1.54) is 12.1 Å². The number of urea groups is 1. The van der Waals surface area contributed by atoms with E-state index in [0.717, 1.165) is 31.0 Å². The van der Waals surface area contributed by atoms with Gasteiger partial charge in [0.2, 0.25) is 0 Å². The largest absolute Gasteiger partial charge is 0.397 e. The second-order valence-corrected chi connectivity index (χ2v) is 5.67. The number of hydrogen-bond acceptors (Lipinski definition) is 2. The standard InChI is InChI=1S/C17H16F3N3O/c18-12-4-3-10(7-14(12)20)11-8-16(15(21)9-13(11)19)22-17(24)23-5-1-2-6-23/h3-4,7-9H,1-2,5-6,21H2,(H,22,24). The molecule has 0 bridgehead atoms. The number of carbonyl (C=O) groups excluding carboxylic acids is 1. The summed E-state index contributed by atoms with van der Waals surface area (Å²) >= 11 is 0. The molecule has 1 saturated heterocycles. The molecule has 3 rings (SSSR count). The number of nitrogens with two attached hydrogens (primary N) is 1. The van der Waals surface area contributed by atoms with Gasteiger partial charge in [0.05, 0.1) is 11.4 Å². The third-order valence-electron chi connectivity index (χ3n) is 4.00. The van der Waals surface area contributed by atoms with Gasteiger partial charge in [0.15, 0.2) is 11.6 Å². The van der Waals surface area contributed by atoms with Gasteiger partial charge in [0.1, 0.15) is 5.82 Å². The van der Waals surface area contributed by atoms with Crippen molar-refractivity contribution in [3.05, 3.63) is 47.8 Å². The summed E-state index contributed by atoms with van der Waals surface area (Å²) in [6.45, 7) is 1.31. The highest BCUT2D eigenvalue weighted by molar-refractivity contribution is 5.94. The Bertz CT molecular complexity index is 789. The van der Waals surface area contributed by atoms with Crippen LogP contribution in [0.3, 0.4) is 0 Å². The van der Waals surface area contributed by atoms with Crippen LogP contribution >= 0.6 is 0 Å². The van der Waals surface area contributed by atoms with E-state index in [2.05, 4.69) is 5.32 Å². The van der Waals surface area contributed by atoms with E-state index < -0.39 is 17.5 Å². The van der Waals surface area contributed by atoms with Gasteiger partial charge < -0.3 is 16.0 Å². The lowest BCUT2D eigenvalue weighted by molar-refractivity contribution is 0.222. The Morgan fingerprint density at radius 2 is 1.71 bits per heavy atom. The Morgan fingerprint density at radius 1 is 1.00 bits per heavy atom. The molecular formula is C17H16F3N3O. The summed E-state index contributed by atoms with van der Waals surface area (Å²) in [4.78, 5) is 13.8. The third kappa shape index (κ3) is 3.15. The number of hydrogen-bond donors (Lipinski definition) is 2. The maximum Gasteiger partial charge on any atom is 0.321 e. The van der Waals surface area contributed by atoms with E-state index in [1.54, 1.807) is 4.90 Å². The molecule has 4 nitrogen and oxygen atoms in total. The zero-order valence-corrected chi connectivity index (χ0v) is 12.8. The maximum atomic E-state index is 14.2. The average Bonchev–Trinajstić information content (AvgIpc) is 3.07. The number of nitrogens with zero attached hydrogens (tertiary/aromatic N) is 1. The second-order valence-electron chi connectivity index (χ2n) is 5.67. The minimum atomic E-state index is -1.08. The average molecular weight is 335 g/mol. The quantitative estimate of drug-likeness (QED) is 0.816. The molecule has 0 saturated carbocycles. The first-order chi connectivity index (χ1) is 11.5. The first-order valence-corrected chi connectivity index (χ1v) is 7.56. The van der Waals surface area contributed by atoms with E-state index in [9.17, 15) is 18.0 Å². The Kier molecular flexibility index (Phi) is 4.33. The van der Waals surface area contributed by atoms with Gasteiger partial charge in [-0.1, -0.05) is 6.07 Å². The van der Waals surface area contributed by atoms with Crippen LogP contribution in [0.15, 0.2) is 30.3 Å². The number of likely N-dealkylation sites (tertiary alicyclic amines) is 1. The molecule has 3 N–H and O–H groups in total. The molecule has 0 unspecified atom stereocenters. The van der Waals surface area contributed by atoms with Gasteiger partial charge >= 0.3 is 6.03 Å². The van der Waals surface area contributed by atoms with Crippen LogP contribution in [-0.2, 0) is 0 Å². The second kappa shape index (κ2) is 6.43. The van der Waals surface area contributed by atoms with E-state index in [-0.39, 0.29) is 28.5 Å². The Labute approximate surface area is 137 Å². The van der Waals surface area contributed by atoms with Crippen LogP contribution in [0.1, 0.15) is 12.8 Å². The van der Waals surface area contributed by atoms with E-state index in [4.69, 9.17) is 5.73 Å². The number of anilines is 2. The molecule has 7 heteroatoms. The van der Waals surface area contributed by atoms with Crippen LogP contribution in [-0.4, -0.2) is 24.0 Å². The van der Waals surface area contributed by atoms with Crippen molar-refractivity contribution in [2.45, 2.75) is 12.8 Å². The van der Waals surface area contributed by atoms with Crippen LogP contribution in [0.2, 0.25) is 0 Å². The van der Waals surface area contributed by atoms with Crippen LogP contribution < -0.4 is 11.1 Å². The third-order valence-corrected chi connectivity index (χ3v) is 4.00. The minimum absolute atomic E-state index is 0.0276. The molecule has 0 atom stereocenters. The molecule has 1 aliphatic heterocycles. The molecule has 0 spiro atoms. The lowest BCUT2D eigenvalue weighted by Crippen LogP contribution is -2.32. The summed E-state index contributed by atoms with van der Waals surface area (Å²) in [6.07, 6.45) is 1.87. The van der Waals surface area contributed by atoms with Gasteiger partial charge in [0, 0.05) is 18.7 Å². The van der Waals surface area contributed by atoms with Gasteiger partial charge in [0.25, 0.3) is 0 Å². The van der Waals surface area contributed by atoms with Crippen molar-refractivity contribution >= 4 is 17.4 Å². The molecule has 24 heavy (non-hydrogen) atoms. The van der Waals surface area contributed by atoms with E-state index >= 15 is 0 Å². The minimum Gasteiger partial charge on any atom is -0.397 e. The lowest BCUT2D eigenvalue weighted by Gasteiger charge is -2.18. The number of rotatable bonds is 2. The summed E-state index contributed by atoms with van der Waals surface area (Å²) in [5.74, 6) is -2.78. The Balaban J connectivity index is 1.93. The first-order valence-electron chi connectivity index (χ1n) is 7.56. The number of halogens is 3. The lowest BCUT2D eigenvalue weighted by atomic mass is 10.0. The summed E-state index contributed by atoms with van der Waals surface area (Å²) < 4.78 is 40.6. The Hall–Kier alpha value is -2.70. The molecule has 126 valence electrons. The van der Waals surface area contributed by atoms with Crippen molar-refractivity contribution in [1.29, 1.82) is 0 Å². The summed E-state index contributed by atoms with van der Waals surface area (Å²) in [7, 11) is 0. The van der Waals surface area contributed by atoms with Gasteiger partial charge in [-0.2, -0.15) is 0 Å². The maximum absolute atomic E-state index is 14.2. The molecule has 0 aliphatic carbocycles. The van der Waals surface area contributed by atoms with Gasteiger partial charge in [-0.15, -0.1) is 0 Å². The van der Waals surface area contributed by atoms with E-state index in [1.807, 2.05) is 0 Å². The van der Waals surface area contributed by atoms with Gasteiger partial charge in [-0.3, -0.25) is 0 Å². The van der Waals surface area contributed by atoms with Gasteiger partial charge in [-0.25, -0.2) is 18.0 Å². The fourth-order valence-corrected chi connectivity index (χ4v) is 2.70. The molecule has 2 aromatic rings. The Morgan fingerprint density at radius 3 is 2.38 bits per heavy atom. The van der Waals surface area contributed by atoms with Crippen LogP contribution in [0.5, 0.6) is 0 Å². The van der Waals surface area contributed by atoms with Crippen molar-refractivity contribution in [2.75, 3.05) is 24.1 Å². The predicted molar refractivity (Wildman–Crippen MR) is 86.0 cm³/mol. The van der Waals surface area contributed by atoms with Crippen molar-refractivity contribution in [3.8, 4) is 11.1 Å².